The lowest BCUT2D eigenvalue weighted by Gasteiger charge is -2.50. The number of nitrogens with one attached hydrogen (secondary N) is 2. The summed E-state index contributed by atoms with van der Waals surface area (Å²) in [6, 6.07) is 13.3. The number of likely N-dealkylation sites (tertiary alicyclic amines) is 1. The first-order valence-corrected chi connectivity index (χ1v) is 17.7. The number of carbonyl (C=O) groups excluding carboxylic acids is 2. The van der Waals surface area contributed by atoms with Gasteiger partial charge in [-0.15, -0.1) is 0 Å². The lowest BCUT2D eigenvalue weighted by molar-refractivity contribution is -0.255. The third kappa shape index (κ3) is 8.17. The third-order valence-corrected chi connectivity index (χ3v) is 10.2. The van der Waals surface area contributed by atoms with Gasteiger partial charge in [-0.1, -0.05) is 49.2 Å². The highest BCUT2D eigenvalue weighted by atomic mass is 19.2. The van der Waals surface area contributed by atoms with Gasteiger partial charge in [0.2, 0.25) is 11.7 Å². The molecule has 1 saturated carbocycles. The Hall–Kier alpha value is -3.91. The predicted octanol–water partition coefficient (Wildman–Crippen LogP) is 7.61. The van der Waals surface area contributed by atoms with E-state index in [1.807, 2.05) is 45.0 Å². The average Bonchev–Trinajstić information content (AvgIpc) is 3.13. The van der Waals surface area contributed by atoms with Gasteiger partial charge in [0.05, 0.1) is 24.9 Å². The molecule has 280 valence electrons. The number of rotatable bonds is 8. The van der Waals surface area contributed by atoms with E-state index in [0.717, 1.165) is 43.2 Å². The Morgan fingerprint density at radius 1 is 0.808 bits per heavy atom. The van der Waals surface area contributed by atoms with Crippen LogP contribution in [-0.4, -0.2) is 52.1 Å². The highest BCUT2D eigenvalue weighted by molar-refractivity contribution is 6.04. The Bertz CT molecular complexity index is 1740. The van der Waals surface area contributed by atoms with Crippen molar-refractivity contribution in [3.63, 3.8) is 0 Å². The number of fused-ring (bicyclic) bond motifs is 1. The van der Waals surface area contributed by atoms with Crippen molar-refractivity contribution in [3.05, 3.63) is 99.9 Å². The molecule has 2 amide bonds. The second kappa shape index (κ2) is 15.6. The topological polar surface area (TPSA) is 100 Å². The van der Waals surface area contributed by atoms with E-state index in [2.05, 4.69) is 15.5 Å². The number of anilines is 1. The molecule has 8 nitrogen and oxygen atoms in total. The van der Waals surface area contributed by atoms with E-state index in [0.29, 0.717) is 24.4 Å². The van der Waals surface area contributed by atoms with Gasteiger partial charge in [-0.2, -0.15) is 0 Å². The van der Waals surface area contributed by atoms with Gasteiger partial charge >= 0.3 is 0 Å². The van der Waals surface area contributed by atoms with Gasteiger partial charge < -0.3 is 25.2 Å². The van der Waals surface area contributed by atoms with Crippen LogP contribution in [0, 0.1) is 35.0 Å². The number of aliphatic hydroxyl groups excluding tert-OH is 1. The quantitative estimate of drug-likeness (QED) is 0.126. The first-order chi connectivity index (χ1) is 24.7. The minimum absolute atomic E-state index is 0.000197. The van der Waals surface area contributed by atoms with Crippen molar-refractivity contribution >= 4 is 17.5 Å². The standard InChI is InChI=1S/C39H44F5N3O5/c1-39(2,3)46-36(49)28-17-14-22-6-4-5-7-27(22)47(28)19-26-18-29(23-10-8-21(20-48)9-11-23)52-38(51-26)24-12-15-25(16-13-24)45-37(50)30-31(40)33(42)35(44)34(43)32(30)41/h8-13,15-16,22,26-29,38,48H,4-7,14,17-20H2,1-3H3,(H,45,50)(H,46,49)/t22-,26-,27-,28-,29+,38+/m1/s1. The fourth-order valence-electron chi connectivity index (χ4n) is 7.72. The monoisotopic (exact) mass is 729 g/mol. The van der Waals surface area contributed by atoms with Crippen LogP contribution in [0.3, 0.4) is 0 Å². The number of hydrogen-bond acceptors (Lipinski definition) is 6. The molecule has 0 aromatic heterocycles. The minimum Gasteiger partial charge on any atom is -0.392 e. The molecule has 6 rings (SSSR count). The fourth-order valence-corrected chi connectivity index (χ4v) is 7.72. The van der Waals surface area contributed by atoms with Crippen LogP contribution in [0.4, 0.5) is 27.6 Å². The van der Waals surface area contributed by atoms with Crippen molar-refractivity contribution in [1.82, 2.24) is 10.2 Å². The molecule has 2 saturated heterocycles. The molecule has 0 radical (unpaired) electrons. The van der Waals surface area contributed by atoms with Gasteiger partial charge in [-0.25, -0.2) is 22.0 Å². The number of piperidine rings is 1. The van der Waals surface area contributed by atoms with Crippen LogP contribution >= 0.6 is 0 Å². The zero-order valence-corrected chi connectivity index (χ0v) is 29.4. The van der Waals surface area contributed by atoms with Gasteiger partial charge in [0.25, 0.3) is 5.91 Å². The van der Waals surface area contributed by atoms with Crippen LogP contribution in [0.25, 0.3) is 0 Å². The smallest absolute Gasteiger partial charge is 0.261 e. The highest BCUT2D eigenvalue weighted by Crippen LogP contribution is 2.42. The summed E-state index contributed by atoms with van der Waals surface area (Å²) < 4.78 is 82.6. The number of amides is 2. The maximum absolute atomic E-state index is 14.3. The molecule has 3 aromatic rings. The molecule has 3 aliphatic rings. The normalized spacial score (nSPS) is 25.3. The molecule has 13 heteroatoms. The maximum atomic E-state index is 14.3. The van der Waals surface area contributed by atoms with Gasteiger partial charge in [-0.3, -0.25) is 14.5 Å². The van der Waals surface area contributed by atoms with E-state index in [1.165, 1.54) is 18.6 Å². The molecule has 2 aliphatic heterocycles. The van der Waals surface area contributed by atoms with Gasteiger partial charge in [0, 0.05) is 35.8 Å². The van der Waals surface area contributed by atoms with Crippen molar-refractivity contribution in [2.24, 2.45) is 5.92 Å². The molecule has 3 aromatic carbocycles. The fraction of sp³-hybridized carbons (Fsp3) is 0.487. The Morgan fingerprint density at radius 3 is 2.06 bits per heavy atom. The summed E-state index contributed by atoms with van der Waals surface area (Å²) in [5.41, 5.74) is 0.218. The number of carbonyl (C=O) groups is 2. The number of ether oxygens (including phenoxy) is 2. The van der Waals surface area contributed by atoms with Crippen LogP contribution in [0.5, 0.6) is 0 Å². The van der Waals surface area contributed by atoms with Gasteiger partial charge in [-0.05, 0) is 75.6 Å². The summed E-state index contributed by atoms with van der Waals surface area (Å²) in [4.78, 5) is 28.7. The summed E-state index contributed by atoms with van der Waals surface area (Å²) in [5.74, 6) is -12.3. The molecule has 0 spiro atoms. The Balaban J connectivity index is 1.25. The second-order valence-electron chi connectivity index (χ2n) is 15.0. The number of nitrogens with zero attached hydrogens (tertiary/aromatic N) is 1. The van der Waals surface area contributed by atoms with E-state index in [1.54, 1.807) is 12.1 Å². The molecule has 3 N–H and O–H groups in total. The van der Waals surface area contributed by atoms with E-state index in [4.69, 9.17) is 9.47 Å². The average molecular weight is 730 g/mol. The number of benzene rings is 3. The molecule has 0 bridgehead atoms. The summed E-state index contributed by atoms with van der Waals surface area (Å²) in [7, 11) is 0. The summed E-state index contributed by atoms with van der Waals surface area (Å²) >= 11 is 0. The summed E-state index contributed by atoms with van der Waals surface area (Å²) in [6.07, 6.45) is 4.96. The van der Waals surface area contributed by atoms with Crippen LogP contribution < -0.4 is 10.6 Å². The third-order valence-electron chi connectivity index (χ3n) is 10.2. The first kappa shape index (κ1) is 37.8. The van der Waals surface area contributed by atoms with Gasteiger partial charge in [0.15, 0.2) is 29.6 Å². The number of halogens is 5. The van der Waals surface area contributed by atoms with Crippen molar-refractivity contribution in [2.45, 2.75) is 108 Å². The van der Waals surface area contributed by atoms with Gasteiger partial charge in [0.1, 0.15) is 5.56 Å². The molecular formula is C39H44F5N3O5. The molecule has 3 fully saturated rings. The largest absolute Gasteiger partial charge is 0.392 e. The molecule has 6 atom stereocenters. The Morgan fingerprint density at radius 2 is 1.42 bits per heavy atom. The molecule has 1 aliphatic carbocycles. The second-order valence-corrected chi connectivity index (χ2v) is 15.0. The van der Waals surface area contributed by atoms with Crippen molar-refractivity contribution in [3.8, 4) is 0 Å². The highest BCUT2D eigenvalue weighted by Gasteiger charge is 2.44. The zero-order valence-electron chi connectivity index (χ0n) is 29.4. The lowest BCUT2D eigenvalue weighted by atomic mass is 9.75. The zero-order chi connectivity index (χ0) is 37.3. The minimum atomic E-state index is -2.35. The van der Waals surface area contributed by atoms with Crippen molar-refractivity contribution < 1.29 is 46.1 Å². The number of aliphatic hydroxyl groups is 1. The van der Waals surface area contributed by atoms with Crippen LogP contribution in [0.1, 0.15) is 105 Å². The van der Waals surface area contributed by atoms with Crippen LogP contribution in [0.2, 0.25) is 0 Å². The SMILES string of the molecule is CC(C)(C)NC(=O)[C@H]1CC[C@H]2CCCC[C@H]2N1C[C@H]1C[C@@H](c2ccc(CO)cc2)O[C@@H](c2ccc(NC(=O)c3c(F)c(F)c(F)c(F)c3F)cc2)O1. The Kier molecular flexibility index (Phi) is 11.3. The summed E-state index contributed by atoms with van der Waals surface area (Å²) in [6.45, 7) is 6.29. The van der Waals surface area contributed by atoms with Crippen LogP contribution in [-0.2, 0) is 20.9 Å². The predicted molar refractivity (Wildman–Crippen MR) is 182 cm³/mol. The van der Waals surface area contributed by atoms with Crippen molar-refractivity contribution in [1.29, 1.82) is 0 Å². The van der Waals surface area contributed by atoms with E-state index in [9.17, 15) is 36.6 Å². The first-order valence-electron chi connectivity index (χ1n) is 17.7. The van der Waals surface area contributed by atoms with Crippen LogP contribution in [0.15, 0.2) is 48.5 Å². The summed E-state index contributed by atoms with van der Waals surface area (Å²) in [5, 5.41) is 15.0. The molecule has 52 heavy (non-hydrogen) atoms. The lowest BCUT2D eigenvalue weighted by Crippen LogP contribution is -2.61. The maximum Gasteiger partial charge on any atom is 0.261 e. The Labute approximate surface area is 299 Å². The van der Waals surface area contributed by atoms with Crippen molar-refractivity contribution in [2.75, 3.05) is 11.9 Å². The molecule has 2 heterocycles. The molecule has 0 unspecified atom stereocenters. The van der Waals surface area contributed by atoms with E-state index < -0.39 is 58.5 Å². The number of hydrogen-bond donors (Lipinski definition) is 3. The van der Waals surface area contributed by atoms with E-state index >= 15 is 0 Å². The van der Waals surface area contributed by atoms with E-state index in [-0.39, 0.29) is 36.4 Å². The molecular weight excluding hydrogens is 685 g/mol.